The third-order valence-electron chi connectivity index (χ3n) is 6.84. The highest BCUT2D eigenvalue weighted by Crippen LogP contribution is 2.42. The Bertz CT molecular complexity index is 958. The highest BCUT2D eigenvalue weighted by Gasteiger charge is 2.32. The molecule has 2 N–H and O–H groups in total. The lowest BCUT2D eigenvalue weighted by molar-refractivity contribution is 0.125. The zero-order valence-electron chi connectivity index (χ0n) is 18.6. The smallest absolute Gasteiger partial charge is 0.118 e. The summed E-state index contributed by atoms with van der Waals surface area (Å²) in [5.41, 5.74) is 6.62. The predicted octanol–water partition coefficient (Wildman–Crippen LogP) is 6.46. The monoisotopic (exact) mass is 390 g/mol. The molecule has 0 saturated carbocycles. The fourth-order valence-corrected chi connectivity index (χ4v) is 4.49. The lowest BCUT2D eigenvalue weighted by Gasteiger charge is -2.34. The van der Waals surface area contributed by atoms with Crippen molar-refractivity contribution in [2.75, 3.05) is 0 Å². The van der Waals surface area contributed by atoms with Crippen LogP contribution in [0.5, 0.6) is 5.75 Å². The zero-order chi connectivity index (χ0) is 21.4. The van der Waals surface area contributed by atoms with E-state index in [1.54, 1.807) is 0 Å². The Kier molecular flexibility index (Phi) is 5.78. The highest BCUT2D eigenvalue weighted by molar-refractivity contribution is 5.78. The van der Waals surface area contributed by atoms with Crippen molar-refractivity contribution in [3.63, 3.8) is 0 Å². The molecule has 0 saturated heterocycles. The molecule has 0 fully saturated rings. The summed E-state index contributed by atoms with van der Waals surface area (Å²) >= 11 is 0. The summed E-state index contributed by atoms with van der Waals surface area (Å²) in [6.07, 6.45) is 7.70. The van der Waals surface area contributed by atoms with Crippen molar-refractivity contribution in [2.45, 2.75) is 65.9 Å². The maximum atomic E-state index is 10.5. The third-order valence-corrected chi connectivity index (χ3v) is 6.84. The first-order chi connectivity index (χ1) is 13.6. The number of aliphatic hydroxyl groups excluding tert-OH is 1. The molecule has 2 nitrogen and oxygen atoms in total. The van der Waals surface area contributed by atoms with Crippen LogP contribution < -0.4 is 0 Å². The van der Waals surface area contributed by atoms with Crippen molar-refractivity contribution in [3.8, 4) is 5.75 Å². The van der Waals surface area contributed by atoms with Crippen LogP contribution in [-0.2, 0) is 5.41 Å². The summed E-state index contributed by atoms with van der Waals surface area (Å²) in [6, 6.07) is 12.7. The minimum atomic E-state index is -0.480. The summed E-state index contributed by atoms with van der Waals surface area (Å²) in [4.78, 5) is 0. The van der Waals surface area contributed by atoms with Crippen LogP contribution in [0.25, 0.3) is 5.57 Å². The van der Waals surface area contributed by atoms with Gasteiger partial charge in [0, 0.05) is 10.8 Å². The number of hydrogen-bond acceptors (Lipinski definition) is 2. The van der Waals surface area contributed by atoms with E-state index in [1.165, 1.54) is 22.3 Å². The number of phenolic OH excluding ortho intramolecular Hbond substituents is 1. The van der Waals surface area contributed by atoms with Gasteiger partial charge >= 0.3 is 0 Å². The second-order valence-electron chi connectivity index (χ2n) is 9.04. The largest absolute Gasteiger partial charge is 0.508 e. The minimum absolute atomic E-state index is 0.0833. The molecule has 0 radical (unpaired) electrons. The number of allylic oxidation sites excluding steroid dienone is 2. The van der Waals surface area contributed by atoms with E-state index in [-0.39, 0.29) is 10.8 Å². The van der Waals surface area contributed by atoms with Gasteiger partial charge in [-0.15, -0.1) is 0 Å². The number of aryl methyl sites for hydroxylation is 2. The van der Waals surface area contributed by atoms with E-state index < -0.39 is 6.10 Å². The number of rotatable bonds is 5. The molecule has 29 heavy (non-hydrogen) atoms. The zero-order valence-corrected chi connectivity index (χ0v) is 18.6. The van der Waals surface area contributed by atoms with Crippen molar-refractivity contribution in [3.05, 3.63) is 82.4 Å². The van der Waals surface area contributed by atoms with E-state index in [9.17, 15) is 10.2 Å². The third kappa shape index (κ3) is 3.79. The maximum Gasteiger partial charge on any atom is 0.118 e. The molecule has 1 aliphatic carbocycles. The average Bonchev–Trinajstić information content (AvgIpc) is 2.68. The molecule has 2 aromatic rings. The van der Waals surface area contributed by atoms with E-state index in [1.807, 2.05) is 32.9 Å². The Balaban J connectivity index is 2.06. The van der Waals surface area contributed by atoms with Crippen molar-refractivity contribution in [1.82, 2.24) is 0 Å². The summed E-state index contributed by atoms with van der Waals surface area (Å²) < 4.78 is 0. The lowest BCUT2D eigenvalue weighted by Crippen LogP contribution is -2.27. The number of aliphatic hydroxyl groups is 1. The molecular weight excluding hydrogens is 356 g/mol. The standard InChI is InChI=1S/C27H34O2/c1-7-27(8-2,22-10-12-24(28)19(4)16-22)21-9-11-23(18(3)15-21)20-13-14-26(5,6)25(29)17-20/h9-17,25,28-29H,7-8H2,1-6H3. The van der Waals surface area contributed by atoms with Crippen LogP contribution >= 0.6 is 0 Å². The second-order valence-corrected chi connectivity index (χ2v) is 9.04. The molecule has 3 rings (SSSR count). The second kappa shape index (κ2) is 7.84. The van der Waals surface area contributed by atoms with Gasteiger partial charge in [0.25, 0.3) is 0 Å². The lowest BCUT2D eigenvalue weighted by atomic mass is 9.69. The van der Waals surface area contributed by atoms with Crippen LogP contribution in [-0.4, -0.2) is 16.3 Å². The van der Waals surface area contributed by atoms with Crippen LogP contribution in [0, 0.1) is 19.3 Å². The van der Waals surface area contributed by atoms with E-state index >= 15 is 0 Å². The molecule has 2 heteroatoms. The van der Waals surface area contributed by atoms with E-state index in [0.29, 0.717) is 5.75 Å². The Labute approximate surface area is 175 Å². The normalized spacial score (nSPS) is 18.6. The Morgan fingerprint density at radius 3 is 2.03 bits per heavy atom. The van der Waals surface area contributed by atoms with Crippen molar-refractivity contribution >= 4 is 5.57 Å². The molecule has 1 atom stereocenters. The van der Waals surface area contributed by atoms with Gasteiger partial charge in [-0.3, -0.25) is 0 Å². The molecule has 0 amide bonds. The number of benzene rings is 2. The van der Waals surface area contributed by atoms with Gasteiger partial charge in [-0.25, -0.2) is 0 Å². The molecule has 2 aromatic carbocycles. The molecule has 0 spiro atoms. The van der Waals surface area contributed by atoms with Crippen LogP contribution in [0.3, 0.4) is 0 Å². The SMILES string of the molecule is CCC(CC)(c1ccc(O)c(C)c1)c1ccc(C2=CC(O)C(C)(C)C=C2)c(C)c1. The van der Waals surface area contributed by atoms with Crippen molar-refractivity contribution in [1.29, 1.82) is 0 Å². The molecule has 0 heterocycles. The van der Waals surface area contributed by atoms with Crippen LogP contribution in [0.1, 0.15) is 68.4 Å². The molecule has 154 valence electrons. The molecule has 0 bridgehead atoms. The van der Waals surface area contributed by atoms with Gasteiger partial charge in [0.2, 0.25) is 0 Å². The first kappa shape index (κ1) is 21.4. The Morgan fingerprint density at radius 2 is 1.52 bits per heavy atom. The van der Waals surface area contributed by atoms with Crippen molar-refractivity contribution in [2.24, 2.45) is 5.41 Å². The Morgan fingerprint density at radius 1 is 0.931 bits per heavy atom. The molecule has 1 aliphatic rings. The molecule has 1 unspecified atom stereocenters. The number of phenols is 1. The fourth-order valence-electron chi connectivity index (χ4n) is 4.49. The first-order valence-corrected chi connectivity index (χ1v) is 10.7. The van der Waals surface area contributed by atoms with E-state index in [2.05, 4.69) is 63.3 Å². The minimum Gasteiger partial charge on any atom is -0.508 e. The van der Waals surface area contributed by atoms with Crippen molar-refractivity contribution < 1.29 is 10.2 Å². The summed E-state index contributed by atoms with van der Waals surface area (Å²) in [5.74, 6) is 0.346. The number of hydrogen-bond donors (Lipinski definition) is 2. The summed E-state index contributed by atoms with van der Waals surface area (Å²) in [6.45, 7) is 12.7. The number of aromatic hydroxyl groups is 1. The van der Waals surface area contributed by atoms with Crippen LogP contribution in [0.2, 0.25) is 0 Å². The van der Waals surface area contributed by atoms with E-state index in [4.69, 9.17) is 0 Å². The highest BCUT2D eigenvalue weighted by atomic mass is 16.3. The van der Waals surface area contributed by atoms with Crippen LogP contribution in [0.4, 0.5) is 0 Å². The van der Waals surface area contributed by atoms with Gasteiger partial charge < -0.3 is 10.2 Å². The van der Waals surface area contributed by atoms with Gasteiger partial charge in [0.05, 0.1) is 6.10 Å². The summed E-state index contributed by atoms with van der Waals surface area (Å²) in [7, 11) is 0. The Hall–Kier alpha value is -2.32. The topological polar surface area (TPSA) is 40.5 Å². The fraction of sp³-hybridized carbons (Fsp3) is 0.407. The summed E-state index contributed by atoms with van der Waals surface area (Å²) in [5, 5.41) is 20.4. The van der Waals surface area contributed by atoms with Gasteiger partial charge in [0.1, 0.15) is 5.75 Å². The first-order valence-electron chi connectivity index (χ1n) is 10.7. The van der Waals surface area contributed by atoms with Gasteiger partial charge in [-0.05, 0) is 72.2 Å². The van der Waals surface area contributed by atoms with Gasteiger partial charge in [-0.2, -0.15) is 0 Å². The molecule has 0 aromatic heterocycles. The molecule has 0 aliphatic heterocycles. The predicted molar refractivity (Wildman–Crippen MR) is 122 cm³/mol. The van der Waals surface area contributed by atoms with E-state index in [0.717, 1.165) is 24.0 Å². The maximum absolute atomic E-state index is 10.5. The molecular formula is C27H34O2. The van der Waals surface area contributed by atoms with Crippen LogP contribution in [0.15, 0.2) is 54.6 Å². The average molecular weight is 391 g/mol. The van der Waals surface area contributed by atoms with Gasteiger partial charge in [0.15, 0.2) is 0 Å². The quantitative estimate of drug-likeness (QED) is 0.615. The van der Waals surface area contributed by atoms with Gasteiger partial charge in [-0.1, -0.05) is 70.2 Å².